The van der Waals surface area contributed by atoms with Crippen LogP contribution in [-0.4, -0.2) is 68.1 Å². The van der Waals surface area contributed by atoms with Crippen molar-refractivity contribution in [3.63, 3.8) is 0 Å². The summed E-state index contributed by atoms with van der Waals surface area (Å²) in [5.74, 6) is 0.341. The molecule has 6 rings (SSSR count). The van der Waals surface area contributed by atoms with Gasteiger partial charge in [0, 0.05) is 75.4 Å². The first-order valence-corrected chi connectivity index (χ1v) is 14.4. The van der Waals surface area contributed by atoms with E-state index in [1.807, 2.05) is 40.1 Å². The summed E-state index contributed by atoms with van der Waals surface area (Å²) in [4.78, 5) is 30.8. The van der Waals surface area contributed by atoms with E-state index >= 15 is 0 Å². The first kappa shape index (κ1) is 24.6. The molecule has 2 aromatic carbocycles. The van der Waals surface area contributed by atoms with Crippen LogP contribution >= 0.6 is 0 Å². The van der Waals surface area contributed by atoms with Crippen LogP contribution in [0.3, 0.4) is 0 Å². The zero-order valence-corrected chi connectivity index (χ0v) is 22.2. The van der Waals surface area contributed by atoms with Gasteiger partial charge in [-0.2, -0.15) is 0 Å². The number of piperidine rings is 2. The van der Waals surface area contributed by atoms with E-state index in [0.29, 0.717) is 25.2 Å². The number of amides is 2. The van der Waals surface area contributed by atoms with Crippen molar-refractivity contribution in [1.29, 1.82) is 0 Å². The zero-order valence-electron chi connectivity index (χ0n) is 22.2. The summed E-state index contributed by atoms with van der Waals surface area (Å²) in [5.41, 5.74) is 2.84. The van der Waals surface area contributed by atoms with Crippen molar-refractivity contribution in [2.24, 2.45) is 5.41 Å². The van der Waals surface area contributed by atoms with E-state index in [9.17, 15) is 9.59 Å². The highest BCUT2D eigenvalue weighted by molar-refractivity contribution is 5.99. The molecular weight excluding hydrogens is 460 g/mol. The summed E-state index contributed by atoms with van der Waals surface area (Å²) in [6.45, 7) is 7.95. The third-order valence-corrected chi connectivity index (χ3v) is 10.0. The summed E-state index contributed by atoms with van der Waals surface area (Å²) in [6.07, 6.45) is 7.27. The summed E-state index contributed by atoms with van der Waals surface area (Å²) in [5, 5.41) is 3.59. The summed E-state index contributed by atoms with van der Waals surface area (Å²) in [6, 6.07) is 19.8. The highest BCUT2D eigenvalue weighted by Crippen LogP contribution is 2.44. The third-order valence-electron chi connectivity index (χ3n) is 10.0. The minimum Gasteiger partial charge on any atom is -0.339 e. The average molecular weight is 502 g/mol. The molecule has 0 aliphatic carbocycles. The van der Waals surface area contributed by atoms with Crippen LogP contribution in [0.1, 0.15) is 62.2 Å². The first-order chi connectivity index (χ1) is 18.0. The Kier molecular flexibility index (Phi) is 6.58. The zero-order chi connectivity index (χ0) is 25.5. The number of anilines is 1. The molecule has 6 nitrogen and oxygen atoms in total. The second-order valence-corrected chi connectivity index (χ2v) is 11.8. The number of rotatable bonds is 4. The van der Waals surface area contributed by atoms with E-state index < -0.39 is 0 Å². The lowest BCUT2D eigenvalue weighted by atomic mass is 9.71. The van der Waals surface area contributed by atoms with Crippen molar-refractivity contribution in [1.82, 2.24) is 14.7 Å². The molecule has 0 aromatic heterocycles. The van der Waals surface area contributed by atoms with Crippen molar-refractivity contribution in [3.05, 3.63) is 60.2 Å². The fourth-order valence-electron chi connectivity index (χ4n) is 7.86. The van der Waals surface area contributed by atoms with Crippen LogP contribution in [0.2, 0.25) is 0 Å². The molecule has 4 aliphatic heterocycles. The Bertz CT molecular complexity index is 1120. The predicted molar refractivity (Wildman–Crippen MR) is 149 cm³/mol. The number of carbonyl (C=O) groups is 2. The molecule has 2 aromatic rings. The molecular formula is C31H41N4O2+. The lowest BCUT2D eigenvalue weighted by Gasteiger charge is -2.46. The Morgan fingerprint density at radius 2 is 1.70 bits per heavy atom. The lowest BCUT2D eigenvalue weighted by Crippen LogP contribution is -2.59. The van der Waals surface area contributed by atoms with Crippen LogP contribution in [0, 0.1) is 5.41 Å². The molecule has 4 saturated heterocycles. The van der Waals surface area contributed by atoms with Crippen LogP contribution in [0.25, 0.3) is 0 Å². The first-order valence-electron chi connectivity index (χ1n) is 14.4. The van der Waals surface area contributed by atoms with Crippen LogP contribution in [-0.2, 0) is 4.79 Å². The van der Waals surface area contributed by atoms with Gasteiger partial charge >= 0.3 is 0 Å². The summed E-state index contributed by atoms with van der Waals surface area (Å²) in [7, 11) is 0. The Balaban J connectivity index is 1.18. The molecule has 6 heteroatoms. The van der Waals surface area contributed by atoms with E-state index in [1.165, 1.54) is 31.5 Å². The van der Waals surface area contributed by atoms with Crippen molar-refractivity contribution < 1.29 is 9.59 Å². The maximum absolute atomic E-state index is 13.9. The molecule has 4 heterocycles. The highest BCUT2D eigenvalue weighted by atomic mass is 16.2. The molecule has 4 fully saturated rings. The second-order valence-electron chi connectivity index (χ2n) is 11.8. The predicted octanol–water partition coefficient (Wildman–Crippen LogP) is 4.59. The molecule has 0 bridgehead atoms. The normalized spacial score (nSPS) is 29.7. The van der Waals surface area contributed by atoms with E-state index in [0.717, 1.165) is 61.1 Å². The number of benzene rings is 2. The SMILES string of the molecule is C[C@H]1CCC[N+]1(c1ccc(N2CCCC3(CCN(C(=O)c4ccccc4)CC3)C2=O)cc1)[C@H]1CCNC1. The molecule has 1 unspecified atom stereocenters. The molecule has 37 heavy (non-hydrogen) atoms. The average Bonchev–Trinajstić information content (AvgIpc) is 3.62. The van der Waals surface area contributed by atoms with Gasteiger partial charge in [0.2, 0.25) is 5.91 Å². The molecule has 1 N–H and O–H groups in total. The van der Waals surface area contributed by atoms with Crippen LogP contribution in [0.4, 0.5) is 11.4 Å². The van der Waals surface area contributed by atoms with Crippen LogP contribution < -0.4 is 14.7 Å². The molecule has 3 atom stereocenters. The number of nitrogens with zero attached hydrogens (tertiary/aromatic N) is 3. The smallest absolute Gasteiger partial charge is 0.253 e. The van der Waals surface area contributed by atoms with Crippen molar-refractivity contribution in [2.75, 3.05) is 44.2 Å². The van der Waals surface area contributed by atoms with Gasteiger partial charge in [0.15, 0.2) is 0 Å². The third kappa shape index (κ3) is 4.18. The number of quaternary nitrogens is 1. The molecule has 2 amide bonds. The van der Waals surface area contributed by atoms with Gasteiger partial charge in [-0.15, -0.1) is 0 Å². The van der Waals surface area contributed by atoms with Gasteiger partial charge in [-0.05, 0) is 56.9 Å². The molecule has 4 aliphatic rings. The Morgan fingerprint density at radius 3 is 2.35 bits per heavy atom. The fraction of sp³-hybridized carbons (Fsp3) is 0.548. The monoisotopic (exact) mass is 501 g/mol. The molecule has 196 valence electrons. The van der Waals surface area contributed by atoms with E-state index in [-0.39, 0.29) is 17.2 Å². The number of hydrogen-bond acceptors (Lipinski definition) is 3. The van der Waals surface area contributed by atoms with Crippen molar-refractivity contribution in [3.8, 4) is 0 Å². The number of carbonyl (C=O) groups excluding carboxylic acids is 2. The van der Waals surface area contributed by atoms with E-state index in [2.05, 4.69) is 36.5 Å². The van der Waals surface area contributed by atoms with Gasteiger partial charge in [0.1, 0.15) is 11.7 Å². The summed E-state index contributed by atoms with van der Waals surface area (Å²) < 4.78 is 1.09. The lowest BCUT2D eigenvalue weighted by molar-refractivity contribution is -0.133. The largest absolute Gasteiger partial charge is 0.339 e. The minimum absolute atomic E-state index is 0.0804. The van der Waals surface area contributed by atoms with Crippen LogP contribution in [0.15, 0.2) is 54.6 Å². The van der Waals surface area contributed by atoms with Gasteiger partial charge in [0.05, 0.1) is 18.0 Å². The van der Waals surface area contributed by atoms with Gasteiger partial charge in [-0.1, -0.05) is 18.2 Å². The maximum atomic E-state index is 13.9. The maximum Gasteiger partial charge on any atom is 0.253 e. The number of hydrogen-bond donors (Lipinski definition) is 1. The van der Waals surface area contributed by atoms with Gasteiger partial charge in [-0.25, -0.2) is 0 Å². The Morgan fingerprint density at radius 1 is 0.946 bits per heavy atom. The quantitative estimate of drug-likeness (QED) is 0.624. The van der Waals surface area contributed by atoms with E-state index in [1.54, 1.807) is 0 Å². The topological polar surface area (TPSA) is 52.7 Å². The molecule has 0 radical (unpaired) electrons. The fourth-order valence-corrected chi connectivity index (χ4v) is 7.86. The van der Waals surface area contributed by atoms with Crippen molar-refractivity contribution >= 4 is 23.2 Å². The molecule has 0 saturated carbocycles. The number of likely N-dealkylation sites (tertiary alicyclic amines) is 2. The van der Waals surface area contributed by atoms with E-state index in [4.69, 9.17) is 0 Å². The number of nitrogens with one attached hydrogen (secondary N) is 1. The summed E-state index contributed by atoms with van der Waals surface area (Å²) >= 11 is 0. The molecule has 1 spiro atoms. The van der Waals surface area contributed by atoms with Gasteiger partial charge < -0.3 is 15.1 Å². The Labute approximate surface area is 221 Å². The second kappa shape index (κ2) is 9.88. The van der Waals surface area contributed by atoms with Gasteiger partial charge in [-0.3, -0.25) is 14.1 Å². The standard InChI is InChI=1S/C31H41N4O2/c1-24-7-5-22-35(24,28-14-18-32-23-28)27-12-10-26(11-13-27)34-19-6-15-31(30(34)37)16-20-33(21-17-31)29(36)25-8-3-2-4-9-25/h2-4,8-13,24,28,32H,5-7,14-23H2,1H3/q+1/t24-,28-,35?/m0/s1. The highest BCUT2D eigenvalue weighted by Gasteiger charge is 2.49. The van der Waals surface area contributed by atoms with Crippen LogP contribution in [0.5, 0.6) is 0 Å². The van der Waals surface area contributed by atoms with Gasteiger partial charge in [0.25, 0.3) is 5.91 Å². The Hall–Kier alpha value is -2.70. The minimum atomic E-state index is -0.336. The van der Waals surface area contributed by atoms with Crippen molar-refractivity contribution in [2.45, 2.75) is 64.0 Å².